The highest BCUT2D eigenvalue weighted by atomic mass is 16.2. The van der Waals surface area contributed by atoms with Crippen LogP contribution < -0.4 is 5.32 Å². The van der Waals surface area contributed by atoms with Gasteiger partial charge < -0.3 is 10.2 Å². The lowest BCUT2D eigenvalue weighted by Gasteiger charge is -2.42. The smallest absolute Gasteiger partial charge is 0.254 e. The molecule has 2 saturated heterocycles. The molecule has 1 aromatic carbocycles. The Kier molecular flexibility index (Phi) is 5.72. The predicted molar refractivity (Wildman–Crippen MR) is 110 cm³/mol. The van der Waals surface area contributed by atoms with Gasteiger partial charge in [-0.25, -0.2) is 0 Å². The fourth-order valence-electron chi connectivity index (χ4n) is 4.84. The molecular formula is C23H33N3O2. The van der Waals surface area contributed by atoms with Crippen LogP contribution in [0, 0.1) is 19.8 Å². The molecule has 1 aliphatic carbocycles. The number of benzene rings is 1. The summed E-state index contributed by atoms with van der Waals surface area (Å²) in [6.07, 6.45) is 6.43. The molecular weight excluding hydrogens is 350 g/mol. The Balaban J connectivity index is 1.32. The number of nitrogens with one attached hydrogen (secondary N) is 1. The number of carbonyl (C=O) groups is 2. The minimum atomic E-state index is 0.142. The standard InChI is InChI=1S/C23H33N3O2/c1-16-5-3-6-17(2)21(16)23(28)25-13-10-20(11-14-25)26-12-4-7-18(15-26)22(27)24-19-8-9-19/h3,5-6,18-20H,4,7-15H2,1-2H3,(H,24,27)/t18-/m1/s1. The van der Waals surface area contributed by atoms with E-state index in [0.717, 1.165) is 81.4 Å². The van der Waals surface area contributed by atoms with Crippen molar-refractivity contribution in [3.8, 4) is 0 Å². The molecule has 152 valence electrons. The van der Waals surface area contributed by atoms with E-state index in [-0.39, 0.29) is 17.7 Å². The molecule has 3 aliphatic rings. The normalized spacial score (nSPS) is 24.2. The fourth-order valence-corrected chi connectivity index (χ4v) is 4.84. The van der Waals surface area contributed by atoms with E-state index in [2.05, 4.69) is 10.2 Å². The maximum absolute atomic E-state index is 13.0. The Labute approximate surface area is 168 Å². The van der Waals surface area contributed by atoms with Crippen LogP contribution in [0.3, 0.4) is 0 Å². The van der Waals surface area contributed by atoms with Crippen LogP contribution in [0.5, 0.6) is 0 Å². The third-order valence-electron chi connectivity index (χ3n) is 6.71. The summed E-state index contributed by atoms with van der Waals surface area (Å²) in [6.45, 7) is 7.64. The quantitative estimate of drug-likeness (QED) is 0.870. The predicted octanol–water partition coefficient (Wildman–Crippen LogP) is 2.90. The Bertz CT molecular complexity index is 715. The van der Waals surface area contributed by atoms with Gasteiger partial charge in [-0.2, -0.15) is 0 Å². The number of aryl methyl sites for hydroxylation is 2. The van der Waals surface area contributed by atoms with Gasteiger partial charge >= 0.3 is 0 Å². The molecule has 1 N–H and O–H groups in total. The summed E-state index contributed by atoms with van der Waals surface area (Å²) in [5.74, 6) is 0.577. The first-order valence-corrected chi connectivity index (χ1v) is 10.9. The van der Waals surface area contributed by atoms with Gasteiger partial charge in [-0.05, 0) is 70.0 Å². The van der Waals surface area contributed by atoms with Crippen LogP contribution in [-0.4, -0.2) is 59.9 Å². The van der Waals surface area contributed by atoms with Gasteiger partial charge in [0.1, 0.15) is 0 Å². The van der Waals surface area contributed by atoms with Crippen LogP contribution >= 0.6 is 0 Å². The molecule has 1 atom stereocenters. The number of piperidine rings is 2. The summed E-state index contributed by atoms with van der Waals surface area (Å²) < 4.78 is 0. The molecule has 3 fully saturated rings. The first-order valence-electron chi connectivity index (χ1n) is 10.9. The van der Waals surface area contributed by atoms with Crippen molar-refractivity contribution in [1.82, 2.24) is 15.1 Å². The van der Waals surface area contributed by atoms with Gasteiger partial charge in [-0.1, -0.05) is 18.2 Å². The van der Waals surface area contributed by atoms with Gasteiger partial charge in [-0.3, -0.25) is 14.5 Å². The molecule has 0 aromatic heterocycles. The number of hydrogen-bond donors (Lipinski definition) is 1. The van der Waals surface area contributed by atoms with E-state index in [4.69, 9.17) is 0 Å². The summed E-state index contributed by atoms with van der Waals surface area (Å²) in [5.41, 5.74) is 3.00. The van der Waals surface area contributed by atoms with E-state index in [9.17, 15) is 9.59 Å². The number of nitrogens with zero attached hydrogens (tertiary/aromatic N) is 2. The van der Waals surface area contributed by atoms with Crippen molar-refractivity contribution in [2.45, 2.75) is 64.5 Å². The van der Waals surface area contributed by atoms with Crippen LogP contribution in [0.25, 0.3) is 0 Å². The number of rotatable bonds is 4. The van der Waals surface area contributed by atoms with Crippen LogP contribution in [0.1, 0.15) is 60.0 Å². The summed E-state index contributed by atoms with van der Waals surface area (Å²) in [5, 5.41) is 3.18. The van der Waals surface area contributed by atoms with Crippen molar-refractivity contribution in [3.63, 3.8) is 0 Å². The van der Waals surface area contributed by atoms with Crippen LogP contribution in [0.2, 0.25) is 0 Å². The average Bonchev–Trinajstić information content (AvgIpc) is 3.52. The lowest BCUT2D eigenvalue weighted by atomic mass is 9.92. The zero-order chi connectivity index (χ0) is 19.7. The van der Waals surface area contributed by atoms with Crippen molar-refractivity contribution in [2.75, 3.05) is 26.2 Å². The van der Waals surface area contributed by atoms with Gasteiger partial charge in [0.15, 0.2) is 0 Å². The molecule has 1 aromatic rings. The van der Waals surface area contributed by atoms with Crippen molar-refractivity contribution in [3.05, 3.63) is 34.9 Å². The van der Waals surface area contributed by atoms with Gasteiger partial charge in [0.2, 0.25) is 5.91 Å². The third kappa shape index (κ3) is 4.24. The molecule has 0 radical (unpaired) electrons. The van der Waals surface area contributed by atoms with Crippen LogP contribution in [-0.2, 0) is 4.79 Å². The van der Waals surface area contributed by atoms with E-state index >= 15 is 0 Å². The molecule has 2 amide bonds. The molecule has 0 bridgehead atoms. The lowest BCUT2D eigenvalue weighted by Crippen LogP contribution is -2.51. The molecule has 28 heavy (non-hydrogen) atoms. The third-order valence-corrected chi connectivity index (χ3v) is 6.71. The Morgan fingerprint density at radius 2 is 1.64 bits per heavy atom. The Morgan fingerprint density at radius 3 is 2.29 bits per heavy atom. The molecule has 2 aliphatic heterocycles. The van der Waals surface area contributed by atoms with Crippen molar-refractivity contribution in [2.24, 2.45) is 5.92 Å². The van der Waals surface area contributed by atoms with E-state index in [1.54, 1.807) is 0 Å². The van der Waals surface area contributed by atoms with Crippen LogP contribution in [0.15, 0.2) is 18.2 Å². The summed E-state index contributed by atoms with van der Waals surface area (Å²) in [6, 6.07) is 7.00. The topological polar surface area (TPSA) is 52.7 Å². The van der Waals surface area contributed by atoms with E-state index in [1.807, 2.05) is 36.9 Å². The zero-order valence-corrected chi connectivity index (χ0v) is 17.2. The van der Waals surface area contributed by atoms with Crippen molar-refractivity contribution >= 4 is 11.8 Å². The van der Waals surface area contributed by atoms with E-state index in [0.29, 0.717) is 12.1 Å². The van der Waals surface area contributed by atoms with Gasteiger partial charge in [0.25, 0.3) is 5.91 Å². The lowest BCUT2D eigenvalue weighted by molar-refractivity contribution is -0.127. The number of carbonyl (C=O) groups excluding carboxylic acids is 2. The molecule has 0 spiro atoms. The molecule has 5 nitrogen and oxygen atoms in total. The molecule has 0 unspecified atom stereocenters. The van der Waals surface area contributed by atoms with E-state index in [1.165, 1.54) is 0 Å². The molecule has 5 heteroatoms. The minimum Gasteiger partial charge on any atom is -0.353 e. The molecule has 2 heterocycles. The minimum absolute atomic E-state index is 0.142. The Hall–Kier alpha value is -1.88. The zero-order valence-electron chi connectivity index (χ0n) is 17.2. The monoisotopic (exact) mass is 383 g/mol. The van der Waals surface area contributed by atoms with Crippen molar-refractivity contribution in [1.29, 1.82) is 0 Å². The largest absolute Gasteiger partial charge is 0.353 e. The first-order chi connectivity index (χ1) is 13.5. The second-order valence-corrected chi connectivity index (χ2v) is 8.91. The summed E-state index contributed by atoms with van der Waals surface area (Å²) in [4.78, 5) is 30.0. The number of likely N-dealkylation sites (tertiary alicyclic amines) is 2. The highest BCUT2D eigenvalue weighted by molar-refractivity contribution is 5.97. The highest BCUT2D eigenvalue weighted by Crippen LogP contribution is 2.27. The summed E-state index contributed by atoms with van der Waals surface area (Å²) >= 11 is 0. The van der Waals surface area contributed by atoms with Crippen molar-refractivity contribution < 1.29 is 9.59 Å². The van der Waals surface area contributed by atoms with Crippen LogP contribution in [0.4, 0.5) is 0 Å². The second kappa shape index (κ2) is 8.24. The highest BCUT2D eigenvalue weighted by Gasteiger charge is 2.34. The fraction of sp³-hybridized carbons (Fsp3) is 0.652. The first kappa shape index (κ1) is 19.4. The average molecular weight is 384 g/mol. The molecule has 1 saturated carbocycles. The number of hydrogen-bond acceptors (Lipinski definition) is 3. The van der Waals surface area contributed by atoms with Gasteiger partial charge in [0.05, 0.1) is 5.92 Å². The second-order valence-electron chi connectivity index (χ2n) is 8.91. The molecule has 4 rings (SSSR count). The van der Waals surface area contributed by atoms with Gasteiger partial charge in [0, 0.05) is 37.3 Å². The summed E-state index contributed by atoms with van der Waals surface area (Å²) in [7, 11) is 0. The Morgan fingerprint density at radius 1 is 0.964 bits per heavy atom. The maximum atomic E-state index is 13.0. The maximum Gasteiger partial charge on any atom is 0.254 e. The van der Waals surface area contributed by atoms with Gasteiger partial charge in [-0.15, -0.1) is 0 Å². The SMILES string of the molecule is Cc1cccc(C)c1C(=O)N1CCC(N2CCC[C@@H](C(=O)NC3CC3)C2)CC1. The number of amides is 2. The van der Waals surface area contributed by atoms with E-state index < -0.39 is 0 Å².